The van der Waals surface area contributed by atoms with E-state index in [4.69, 9.17) is 0 Å². The minimum absolute atomic E-state index is 0.0447. The van der Waals surface area contributed by atoms with E-state index in [9.17, 15) is 9.18 Å². The summed E-state index contributed by atoms with van der Waals surface area (Å²) < 4.78 is 13.3. The maximum absolute atomic E-state index is 13.3. The molecular formula is C20H25FN3O+. The maximum atomic E-state index is 13.3. The third kappa shape index (κ3) is 4.57. The van der Waals surface area contributed by atoms with Crippen LogP contribution in [0.25, 0.3) is 0 Å². The van der Waals surface area contributed by atoms with Gasteiger partial charge in [0.2, 0.25) is 0 Å². The first-order valence-corrected chi connectivity index (χ1v) is 8.72. The van der Waals surface area contributed by atoms with E-state index < -0.39 is 0 Å². The van der Waals surface area contributed by atoms with Crippen LogP contribution < -0.4 is 10.2 Å². The molecule has 0 radical (unpaired) electrons. The summed E-state index contributed by atoms with van der Waals surface area (Å²) >= 11 is 0. The van der Waals surface area contributed by atoms with Gasteiger partial charge in [-0.1, -0.05) is 29.8 Å². The molecule has 0 spiro atoms. The first-order chi connectivity index (χ1) is 12.0. The van der Waals surface area contributed by atoms with Crippen molar-refractivity contribution < 1.29 is 14.1 Å². The summed E-state index contributed by atoms with van der Waals surface area (Å²) in [4.78, 5) is 15.7. The van der Waals surface area contributed by atoms with Gasteiger partial charge in [0.25, 0.3) is 0 Å². The van der Waals surface area contributed by atoms with Gasteiger partial charge in [-0.2, -0.15) is 0 Å². The molecule has 0 bridgehead atoms. The number of quaternary nitrogens is 1. The van der Waals surface area contributed by atoms with E-state index in [2.05, 4.69) is 11.4 Å². The standard InChI is InChI=1S/C20H24FN3O/c1-15-6-7-19(16(2)12-15)22-20(25)24-10-8-23(9-11-24)14-17-4-3-5-18(21)13-17/h3-7,12-13H,8-11,14H2,1-2H3,(H,22,25)/p+1. The van der Waals surface area contributed by atoms with Crippen molar-refractivity contribution in [2.75, 3.05) is 31.5 Å². The summed E-state index contributed by atoms with van der Waals surface area (Å²) in [6.45, 7) is 8.00. The van der Waals surface area contributed by atoms with E-state index in [1.807, 2.05) is 36.9 Å². The van der Waals surface area contributed by atoms with Gasteiger partial charge < -0.3 is 15.1 Å². The zero-order chi connectivity index (χ0) is 17.8. The van der Waals surface area contributed by atoms with E-state index >= 15 is 0 Å². The minimum atomic E-state index is -0.191. The average molecular weight is 342 g/mol. The zero-order valence-electron chi connectivity index (χ0n) is 14.8. The second-order valence-electron chi connectivity index (χ2n) is 6.79. The first kappa shape index (κ1) is 17.4. The summed E-state index contributed by atoms with van der Waals surface area (Å²) in [6, 6.07) is 12.7. The van der Waals surface area contributed by atoms with Crippen LogP contribution in [0.3, 0.4) is 0 Å². The molecule has 5 heteroatoms. The third-order valence-electron chi connectivity index (χ3n) is 4.72. The van der Waals surface area contributed by atoms with Crippen molar-refractivity contribution >= 4 is 11.7 Å². The molecule has 1 aliphatic rings. The Morgan fingerprint density at radius 2 is 1.92 bits per heavy atom. The van der Waals surface area contributed by atoms with Crippen molar-refractivity contribution in [3.63, 3.8) is 0 Å². The summed E-state index contributed by atoms with van der Waals surface area (Å²) in [5, 5.41) is 3.01. The van der Waals surface area contributed by atoms with Gasteiger partial charge in [-0.3, -0.25) is 0 Å². The third-order valence-corrected chi connectivity index (χ3v) is 4.72. The van der Waals surface area contributed by atoms with Crippen molar-refractivity contribution in [3.05, 3.63) is 65.0 Å². The fourth-order valence-electron chi connectivity index (χ4n) is 3.29. The lowest BCUT2D eigenvalue weighted by atomic mass is 10.1. The number of benzene rings is 2. The number of carbonyl (C=O) groups is 1. The quantitative estimate of drug-likeness (QED) is 0.883. The molecule has 0 unspecified atom stereocenters. The van der Waals surface area contributed by atoms with Crippen molar-refractivity contribution in [2.45, 2.75) is 20.4 Å². The van der Waals surface area contributed by atoms with Crippen molar-refractivity contribution in [1.82, 2.24) is 4.90 Å². The lowest BCUT2D eigenvalue weighted by molar-refractivity contribution is -0.917. The molecule has 4 nitrogen and oxygen atoms in total. The number of aryl methyl sites for hydroxylation is 2. The molecule has 1 heterocycles. The molecule has 2 aromatic carbocycles. The van der Waals surface area contributed by atoms with Gasteiger partial charge >= 0.3 is 6.03 Å². The van der Waals surface area contributed by atoms with Gasteiger partial charge in [-0.15, -0.1) is 0 Å². The number of carbonyl (C=O) groups excluding carboxylic acids is 1. The van der Waals surface area contributed by atoms with Crippen LogP contribution in [0.15, 0.2) is 42.5 Å². The predicted octanol–water partition coefficient (Wildman–Crippen LogP) is 2.38. The Labute approximate surface area is 148 Å². The lowest BCUT2D eigenvalue weighted by Crippen LogP contribution is -3.13. The molecule has 2 amide bonds. The van der Waals surface area contributed by atoms with Gasteiger partial charge in [0.15, 0.2) is 0 Å². The maximum Gasteiger partial charge on any atom is 0.322 e. The van der Waals surface area contributed by atoms with E-state index in [-0.39, 0.29) is 11.8 Å². The molecule has 3 rings (SSSR count). The summed E-state index contributed by atoms with van der Waals surface area (Å²) in [7, 11) is 0. The Morgan fingerprint density at radius 3 is 2.60 bits per heavy atom. The number of hydrogen-bond donors (Lipinski definition) is 2. The molecule has 2 N–H and O–H groups in total. The Balaban J connectivity index is 1.52. The second-order valence-corrected chi connectivity index (χ2v) is 6.79. The van der Waals surface area contributed by atoms with Gasteiger partial charge in [-0.25, -0.2) is 9.18 Å². The van der Waals surface area contributed by atoms with Crippen LogP contribution in [0.1, 0.15) is 16.7 Å². The highest BCUT2D eigenvalue weighted by atomic mass is 19.1. The van der Waals surface area contributed by atoms with Crippen LogP contribution in [0.4, 0.5) is 14.9 Å². The normalized spacial score (nSPS) is 15.2. The number of rotatable bonds is 3. The molecule has 1 saturated heterocycles. The number of amides is 2. The van der Waals surface area contributed by atoms with E-state index in [1.54, 1.807) is 12.1 Å². The fourth-order valence-corrected chi connectivity index (χ4v) is 3.29. The number of piperazine rings is 1. The van der Waals surface area contributed by atoms with Gasteiger partial charge in [0.1, 0.15) is 12.4 Å². The van der Waals surface area contributed by atoms with Crippen molar-refractivity contribution in [2.24, 2.45) is 0 Å². The smallest absolute Gasteiger partial charge is 0.322 e. The highest BCUT2D eigenvalue weighted by molar-refractivity contribution is 5.90. The monoisotopic (exact) mass is 342 g/mol. The molecule has 1 aliphatic heterocycles. The van der Waals surface area contributed by atoms with E-state index in [0.29, 0.717) is 13.1 Å². The molecule has 132 valence electrons. The largest absolute Gasteiger partial charge is 0.328 e. The van der Waals surface area contributed by atoms with Crippen LogP contribution in [0, 0.1) is 19.7 Å². The number of halogens is 1. The molecule has 25 heavy (non-hydrogen) atoms. The SMILES string of the molecule is Cc1ccc(NC(=O)N2CC[NH+](Cc3cccc(F)c3)CC2)c(C)c1. The van der Waals surface area contributed by atoms with Crippen LogP contribution in [0.2, 0.25) is 0 Å². The summed E-state index contributed by atoms with van der Waals surface area (Å²) in [5.74, 6) is -0.191. The van der Waals surface area contributed by atoms with Crippen molar-refractivity contribution in [1.29, 1.82) is 0 Å². The Kier molecular flexibility index (Phi) is 5.34. The summed E-state index contributed by atoms with van der Waals surface area (Å²) in [5.41, 5.74) is 4.13. The molecule has 0 aromatic heterocycles. The molecule has 0 atom stereocenters. The lowest BCUT2D eigenvalue weighted by Gasteiger charge is -2.32. The highest BCUT2D eigenvalue weighted by Crippen LogP contribution is 2.16. The number of nitrogens with zero attached hydrogens (tertiary/aromatic N) is 1. The van der Waals surface area contributed by atoms with Crippen molar-refractivity contribution in [3.8, 4) is 0 Å². The zero-order valence-corrected chi connectivity index (χ0v) is 14.8. The molecule has 1 fully saturated rings. The Morgan fingerprint density at radius 1 is 1.16 bits per heavy atom. The number of hydrogen-bond acceptors (Lipinski definition) is 1. The van der Waals surface area contributed by atoms with E-state index in [0.717, 1.165) is 36.4 Å². The molecule has 0 saturated carbocycles. The van der Waals surface area contributed by atoms with Crippen LogP contribution in [0.5, 0.6) is 0 Å². The van der Waals surface area contributed by atoms with Gasteiger partial charge in [0, 0.05) is 11.3 Å². The van der Waals surface area contributed by atoms with Gasteiger partial charge in [-0.05, 0) is 37.6 Å². The van der Waals surface area contributed by atoms with Gasteiger partial charge in [0.05, 0.1) is 26.2 Å². The van der Waals surface area contributed by atoms with Crippen LogP contribution >= 0.6 is 0 Å². The molecular weight excluding hydrogens is 317 g/mol. The molecule has 0 aliphatic carbocycles. The number of nitrogens with one attached hydrogen (secondary N) is 2. The van der Waals surface area contributed by atoms with Crippen LogP contribution in [-0.2, 0) is 6.54 Å². The number of urea groups is 1. The number of anilines is 1. The first-order valence-electron chi connectivity index (χ1n) is 8.72. The predicted molar refractivity (Wildman–Crippen MR) is 97.3 cm³/mol. The minimum Gasteiger partial charge on any atom is -0.328 e. The van der Waals surface area contributed by atoms with Crippen LogP contribution in [-0.4, -0.2) is 37.1 Å². The summed E-state index contributed by atoms with van der Waals surface area (Å²) in [6.07, 6.45) is 0. The average Bonchev–Trinajstić information content (AvgIpc) is 2.58. The molecule has 2 aromatic rings. The Bertz CT molecular complexity index is 754. The topological polar surface area (TPSA) is 36.8 Å². The highest BCUT2D eigenvalue weighted by Gasteiger charge is 2.24. The Hall–Kier alpha value is -2.40. The fraction of sp³-hybridized carbons (Fsp3) is 0.350. The second kappa shape index (κ2) is 7.66. The van der Waals surface area contributed by atoms with E-state index in [1.165, 1.54) is 16.5 Å².